The molecule has 1 aromatic heterocycles. The Morgan fingerprint density at radius 3 is 3.18 bits per heavy atom. The fraction of sp³-hybridized carbons (Fsp3) is 0.286. The zero-order valence-electron chi connectivity index (χ0n) is 6.16. The summed E-state index contributed by atoms with van der Waals surface area (Å²) in [5.41, 5.74) is 1.30. The number of halogens is 1. The highest BCUT2D eigenvalue weighted by molar-refractivity contribution is 14.1. The van der Waals surface area contributed by atoms with Crippen molar-refractivity contribution in [2.45, 2.75) is 6.54 Å². The van der Waals surface area contributed by atoms with Gasteiger partial charge in [0, 0.05) is 41.7 Å². The number of nitrogens with zero attached hydrogens (tertiary/aromatic N) is 3. The van der Waals surface area contributed by atoms with Crippen molar-refractivity contribution in [3.05, 3.63) is 23.9 Å². The van der Waals surface area contributed by atoms with E-state index >= 15 is 0 Å². The highest BCUT2D eigenvalue weighted by atomic mass is 127. The first kappa shape index (κ1) is 7.30. The zero-order chi connectivity index (χ0) is 7.84. The fourth-order valence-corrected chi connectivity index (χ4v) is 1.77. The second kappa shape index (κ2) is 2.60. The summed E-state index contributed by atoms with van der Waals surface area (Å²) >= 11 is 2.27. The van der Waals surface area contributed by atoms with Crippen molar-refractivity contribution in [3.8, 4) is 0 Å². The Labute approximate surface area is 79.5 Å². The summed E-state index contributed by atoms with van der Waals surface area (Å²) in [4.78, 5) is 4.27. The van der Waals surface area contributed by atoms with Gasteiger partial charge in [0.2, 0.25) is 0 Å². The summed E-state index contributed by atoms with van der Waals surface area (Å²) in [6.07, 6.45) is 1.82. The molecule has 0 N–H and O–H groups in total. The van der Waals surface area contributed by atoms with Crippen LogP contribution in [0.4, 0.5) is 5.82 Å². The molecule has 0 aromatic carbocycles. The molecule has 2 rings (SSSR count). The molecule has 1 aromatic rings. The van der Waals surface area contributed by atoms with Crippen molar-refractivity contribution in [3.63, 3.8) is 0 Å². The van der Waals surface area contributed by atoms with E-state index in [1.807, 2.05) is 19.3 Å². The molecule has 0 aliphatic carbocycles. The predicted molar refractivity (Wildman–Crippen MR) is 52.2 cm³/mol. The molecule has 0 saturated carbocycles. The highest BCUT2D eigenvalue weighted by Crippen LogP contribution is 2.29. The monoisotopic (exact) mass is 261 g/mol. The molecular formula is C7H8IN3. The average Bonchev–Trinajstić information content (AvgIpc) is 2.30. The van der Waals surface area contributed by atoms with Crippen molar-refractivity contribution < 1.29 is 0 Å². The largest absolute Gasteiger partial charge is 0.283 e. The van der Waals surface area contributed by atoms with Gasteiger partial charge in [-0.25, -0.2) is 4.98 Å². The van der Waals surface area contributed by atoms with Gasteiger partial charge < -0.3 is 0 Å². The van der Waals surface area contributed by atoms with Gasteiger partial charge in [-0.2, -0.15) is 3.22 Å². The van der Waals surface area contributed by atoms with E-state index in [4.69, 9.17) is 0 Å². The number of hydrogen-bond acceptors (Lipinski definition) is 3. The van der Waals surface area contributed by atoms with Crippen LogP contribution in [0.15, 0.2) is 18.3 Å². The lowest BCUT2D eigenvalue weighted by molar-refractivity contribution is 0.534. The Kier molecular flexibility index (Phi) is 1.72. The Bertz CT molecular complexity index is 276. The fourth-order valence-electron chi connectivity index (χ4n) is 1.19. The van der Waals surface area contributed by atoms with Gasteiger partial charge in [0.15, 0.2) is 0 Å². The van der Waals surface area contributed by atoms with Crippen LogP contribution in [0.25, 0.3) is 0 Å². The number of hydrazine groups is 1. The lowest BCUT2D eigenvalue weighted by Gasteiger charge is -2.17. The van der Waals surface area contributed by atoms with Gasteiger partial charge in [-0.3, -0.25) is 5.01 Å². The molecule has 0 spiro atoms. The smallest absolute Gasteiger partial charge is 0.147 e. The Balaban J connectivity index is 2.47. The molecule has 0 unspecified atom stereocenters. The zero-order valence-corrected chi connectivity index (χ0v) is 8.32. The van der Waals surface area contributed by atoms with Crippen LogP contribution in [-0.4, -0.2) is 15.3 Å². The predicted octanol–water partition coefficient (Wildman–Crippen LogP) is 1.60. The molecule has 0 fully saturated rings. The Morgan fingerprint density at radius 2 is 2.45 bits per heavy atom. The minimum Gasteiger partial charge on any atom is -0.283 e. The second-order valence-electron chi connectivity index (χ2n) is 2.50. The number of rotatable bonds is 0. The summed E-state index contributed by atoms with van der Waals surface area (Å²) in [5, 5.41) is 2.05. The minimum absolute atomic E-state index is 0.959. The lowest BCUT2D eigenvalue weighted by atomic mass is 10.3. The van der Waals surface area contributed by atoms with E-state index in [0.29, 0.717) is 0 Å². The van der Waals surface area contributed by atoms with Gasteiger partial charge in [0.1, 0.15) is 5.82 Å². The third kappa shape index (κ3) is 1.10. The summed E-state index contributed by atoms with van der Waals surface area (Å²) in [7, 11) is 2.02. The third-order valence-corrected chi connectivity index (χ3v) is 2.79. The molecule has 0 radical (unpaired) electrons. The number of aromatic nitrogens is 1. The Hall–Kier alpha value is -0.360. The van der Waals surface area contributed by atoms with Crippen LogP contribution in [0.5, 0.6) is 0 Å². The van der Waals surface area contributed by atoms with Crippen molar-refractivity contribution >= 4 is 28.7 Å². The highest BCUT2D eigenvalue weighted by Gasteiger charge is 2.22. The first-order valence-corrected chi connectivity index (χ1v) is 4.36. The maximum absolute atomic E-state index is 4.27. The van der Waals surface area contributed by atoms with Crippen LogP contribution in [0, 0.1) is 0 Å². The Morgan fingerprint density at radius 1 is 1.64 bits per heavy atom. The van der Waals surface area contributed by atoms with Gasteiger partial charge in [0.25, 0.3) is 0 Å². The van der Waals surface area contributed by atoms with E-state index in [2.05, 4.69) is 42.1 Å². The van der Waals surface area contributed by atoms with Crippen molar-refractivity contribution in [2.24, 2.45) is 0 Å². The maximum Gasteiger partial charge on any atom is 0.147 e. The van der Waals surface area contributed by atoms with E-state index in [-0.39, 0.29) is 0 Å². The quantitative estimate of drug-likeness (QED) is 0.522. The van der Waals surface area contributed by atoms with Crippen molar-refractivity contribution in [1.29, 1.82) is 0 Å². The molecule has 0 bridgehead atoms. The first-order chi connectivity index (χ1) is 5.29. The van der Waals surface area contributed by atoms with E-state index in [9.17, 15) is 0 Å². The molecule has 1 aliphatic heterocycles. The van der Waals surface area contributed by atoms with Gasteiger partial charge in [-0.05, 0) is 6.07 Å². The molecule has 2 heterocycles. The van der Waals surface area contributed by atoms with Gasteiger partial charge in [-0.1, -0.05) is 6.07 Å². The molecule has 3 nitrogen and oxygen atoms in total. The van der Waals surface area contributed by atoms with E-state index in [1.54, 1.807) is 0 Å². The van der Waals surface area contributed by atoms with Gasteiger partial charge >= 0.3 is 0 Å². The summed E-state index contributed by atoms with van der Waals surface area (Å²) in [6.45, 7) is 0.959. The molecule has 0 saturated heterocycles. The molecule has 58 valence electrons. The van der Waals surface area contributed by atoms with Crippen molar-refractivity contribution in [1.82, 2.24) is 8.21 Å². The lowest BCUT2D eigenvalue weighted by Crippen LogP contribution is -2.24. The molecule has 1 aliphatic rings. The van der Waals surface area contributed by atoms with Gasteiger partial charge in [0.05, 0.1) is 6.54 Å². The summed E-state index contributed by atoms with van der Waals surface area (Å²) in [5.74, 6) is 1.07. The van der Waals surface area contributed by atoms with E-state index < -0.39 is 0 Å². The third-order valence-electron chi connectivity index (χ3n) is 1.80. The maximum atomic E-state index is 4.27. The van der Waals surface area contributed by atoms with Crippen LogP contribution in [0.2, 0.25) is 0 Å². The number of fused-ring (bicyclic) bond motifs is 1. The SMILES string of the molecule is CN1c2ncccc2CN1I. The first-order valence-electron chi connectivity index (χ1n) is 3.40. The van der Waals surface area contributed by atoms with E-state index in [1.165, 1.54) is 5.56 Å². The minimum atomic E-state index is 0.959. The van der Waals surface area contributed by atoms with Crippen LogP contribution in [0.1, 0.15) is 5.56 Å². The van der Waals surface area contributed by atoms with Crippen LogP contribution >= 0.6 is 22.9 Å². The number of pyridine rings is 1. The van der Waals surface area contributed by atoms with Crippen LogP contribution < -0.4 is 5.01 Å². The molecule has 4 heteroatoms. The van der Waals surface area contributed by atoms with Crippen LogP contribution in [-0.2, 0) is 6.54 Å². The molecular weight excluding hydrogens is 253 g/mol. The van der Waals surface area contributed by atoms with E-state index in [0.717, 1.165) is 12.4 Å². The molecule has 0 atom stereocenters. The second-order valence-corrected chi connectivity index (χ2v) is 3.62. The standard InChI is InChI=1S/C7H8IN3/c1-10-7-6(5-11(10)8)3-2-4-9-7/h2-4H,5H2,1H3. The summed E-state index contributed by atoms with van der Waals surface area (Å²) < 4.78 is 2.11. The molecule has 11 heavy (non-hydrogen) atoms. The molecule has 0 amide bonds. The summed E-state index contributed by atoms with van der Waals surface area (Å²) in [6, 6.07) is 4.08. The normalized spacial score (nSPS) is 17.1. The number of anilines is 1. The number of hydrogen-bond donors (Lipinski definition) is 0. The average molecular weight is 261 g/mol. The topological polar surface area (TPSA) is 19.4 Å². The van der Waals surface area contributed by atoms with Gasteiger partial charge in [-0.15, -0.1) is 0 Å². The van der Waals surface area contributed by atoms with Crippen LogP contribution in [0.3, 0.4) is 0 Å². The van der Waals surface area contributed by atoms with Crippen molar-refractivity contribution in [2.75, 3.05) is 12.1 Å².